The Morgan fingerprint density at radius 2 is 1.77 bits per heavy atom. The Bertz CT molecular complexity index is 1190. The smallest absolute Gasteiger partial charge is 0.231 e. The fourth-order valence-corrected chi connectivity index (χ4v) is 3.15. The highest BCUT2D eigenvalue weighted by atomic mass is 19.1. The largest absolute Gasteiger partial charge is 0.494 e. The average Bonchev–Trinajstić information content (AvgIpc) is 3.23. The summed E-state index contributed by atoms with van der Waals surface area (Å²) in [4.78, 5) is 17.8. The number of ether oxygens (including phenoxy) is 1. The zero-order valence-corrected chi connectivity index (χ0v) is 17.2. The van der Waals surface area contributed by atoms with Crippen molar-refractivity contribution in [2.24, 2.45) is 0 Å². The molecule has 1 aromatic heterocycles. The predicted molar refractivity (Wildman–Crippen MR) is 119 cm³/mol. The van der Waals surface area contributed by atoms with Gasteiger partial charge in [-0.3, -0.25) is 4.79 Å². The van der Waals surface area contributed by atoms with Crippen LogP contribution in [0.3, 0.4) is 0 Å². The predicted octanol–water partition coefficient (Wildman–Crippen LogP) is 6.57. The molecule has 0 bridgehead atoms. The zero-order chi connectivity index (χ0) is 21.6. The lowest BCUT2D eigenvalue weighted by Gasteiger charge is -2.07. The topological polar surface area (TPSA) is 52.3 Å². The molecule has 31 heavy (non-hydrogen) atoms. The number of hydrogen-bond acceptors (Lipinski definition) is 4. The lowest BCUT2D eigenvalue weighted by Crippen LogP contribution is -2.04. The van der Waals surface area contributed by atoms with Crippen LogP contribution in [0, 0.1) is 5.82 Å². The maximum absolute atomic E-state index is 14.3. The Morgan fingerprint density at radius 3 is 2.52 bits per heavy atom. The van der Waals surface area contributed by atoms with Crippen LogP contribution < -0.4 is 4.74 Å². The van der Waals surface area contributed by atoms with Crippen LogP contribution in [-0.2, 0) is 0 Å². The minimum atomic E-state index is -0.427. The number of carbonyl (C=O) groups excluding carboxylic acids is 1. The summed E-state index contributed by atoms with van der Waals surface area (Å²) < 4.78 is 25.8. The molecule has 0 fully saturated rings. The second-order valence-corrected chi connectivity index (χ2v) is 7.12. The number of nitrogens with zero attached hydrogens (tertiary/aromatic N) is 1. The Kier molecular flexibility index (Phi) is 6.22. The molecule has 0 atom stereocenters. The van der Waals surface area contributed by atoms with Gasteiger partial charge in [-0.05, 0) is 55.0 Å². The number of ketones is 1. The Hall–Kier alpha value is -3.73. The van der Waals surface area contributed by atoms with Crippen molar-refractivity contribution in [1.29, 1.82) is 0 Å². The number of hydrogen-bond donors (Lipinski definition) is 0. The third kappa shape index (κ3) is 4.72. The van der Waals surface area contributed by atoms with Crippen LogP contribution in [0.25, 0.3) is 22.7 Å². The van der Waals surface area contributed by atoms with Crippen LogP contribution in [-0.4, -0.2) is 17.4 Å². The number of oxazole rings is 1. The number of Topliss-reactive ketones (excluding diaryl/α,β-unsaturated/α-hetero) is 1. The van der Waals surface area contributed by atoms with Crippen molar-refractivity contribution in [3.05, 3.63) is 95.6 Å². The molecule has 0 radical (unpaired) electrons. The molecule has 4 aromatic rings. The molecule has 0 saturated heterocycles. The number of benzene rings is 3. The van der Waals surface area contributed by atoms with E-state index in [9.17, 15) is 9.18 Å². The summed E-state index contributed by atoms with van der Waals surface area (Å²) in [6.45, 7) is 2.73. The SMILES string of the molecule is CCCCOc1ccc(C(=O)/C(=C\c2ccccc2F)c2nc3ccccc3o2)cc1. The number of carbonyl (C=O) groups is 1. The van der Waals surface area contributed by atoms with Crippen molar-refractivity contribution in [2.75, 3.05) is 6.61 Å². The maximum Gasteiger partial charge on any atom is 0.231 e. The summed E-state index contributed by atoms with van der Waals surface area (Å²) in [7, 11) is 0. The first kappa shape index (κ1) is 20.5. The average molecular weight is 415 g/mol. The Labute approximate surface area is 180 Å². The van der Waals surface area contributed by atoms with Gasteiger partial charge in [0.2, 0.25) is 5.89 Å². The number of unbranched alkanes of at least 4 members (excludes halogenated alkanes) is 1. The molecule has 4 rings (SSSR count). The molecule has 1 heterocycles. The normalized spacial score (nSPS) is 11.6. The molecule has 0 amide bonds. The van der Waals surface area contributed by atoms with Crippen LogP contribution in [0.15, 0.2) is 77.2 Å². The van der Waals surface area contributed by atoms with E-state index in [2.05, 4.69) is 11.9 Å². The van der Waals surface area contributed by atoms with E-state index in [0.29, 0.717) is 29.0 Å². The van der Waals surface area contributed by atoms with Crippen LogP contribution in [0.1, 0.15) is 41.6 Å². The number of halogens is 1. The van der Waals surface area contributed by atoms with Gasteiger partial charge in [0, 0.05) is 11.1 Å². The second kappa shape index (κ2) is 9.39. The van der Waals surface area contributed by atoms with Gasteiger partial charge in [-0.15, -0.1) is 0 Å². The molecule has 0 aliphatic rings. The van der Waals surface area contributed by atoms with E-state index in [1.807, 2.05) is 12.1 Å². The number of allylic oxidation sites excluding steroid dienone is 1. The number of rotatable bonds is 8. The van der Waals surface area contributed by atoms with Gasteiger partial charge in [-0.2, -0.15) is 0 Å². The van der Waals surface area contributed by atoms with Gasteiger partial charge < -0.3 is 9.15 Å². The lowest BCUT2D eigenvalue weighted by atomic mass is 10.0. The molecular weight excluding hydrogens is 393 g/mol. The first-order valence-electron chi connectivity index (χ1n) is 10.3. The fourth-order valence-electron chi connectivity index (χ4n) is 3.15. The number of fused-ring (bicyclic) bond motifs is 1. The van der Waals surface area contributed by atoms with Gasteiger partial charge in [0.1, 0.15) is 17.1 Å². The number of aromatic nitrogens is 1. The molecule has 0 N–H and O–H groups in total. The zero-order valence-electron chi connectivity index (χ0n) is 17.2. The van der Waals surface area contributed by atoms with E-state index < -0.39 is 5.82 Å². The molecule has 3 aromatic carbocycles. The van der Waals surface area contributed by atoms with Crippen LogP contribution in [0.4, 0.5) is 4.39 Å². The highest BCUT2D eigenvalue weighted by Gasteiger charge is 2.21. The molecule has 0 unspecified atom stereocenters. The molecule has 156 valence electrons. The summed E-state index contributed by atoms with van der Waals surface area (Å²) in [6, 6.07) is 20.4. The Morgan fingerprint density at radius 1 is 1.03 bits per heavy atom. The minimum absolute atomic E-state index is 0.151. The van der Waals surface area contributed by atoms with E-state index in [-0.39, 0.29) is 22.8 Å². The monoisotopic (exact) mass is 415 g/mol. The maximum atomic E-state index is 14.3. The number of para-hydroxylation sites is 2. The van der Waals surface area contributed by atoms with Crippen molar-refractivity contribution in [3.63, 3.8) is 0 Å². The molecular formula is C26H22FNO3. The fraction of sp³-hybridized carbons (Fsp3) is 0.154. The van der Waals surface area contributed by atoms with E-state index >= 15 is 0 Å². The molecule has 5 heteroatoms. The second-order valence-electron chi connectivity index (χ2n) is 7.12. The van der Waals surface area contributed by atoms with Crippen molar-refractivity contribution in [3.8, 4) is 5.75 Å². The minimum Gasteiger partial charge on any atom is -0.494 e. The summed E-state index contributed by atoms with van der Waals surface area (Å²) in [6.07, 6.45) is 3.49. The highest BCUT2D eigenvalue weighted by Crippen LogP contribution is 2.27. The summed E-state index contributed by atoms with van der Waals surface area (Å²) in [5.41, 5.74) is 2.09. The van der Waals surface area contributed by atoms with Gasteiger partial charge in [-0.1, -0.05) is 43.7 Å². The van der Waals surface area contributed by atoms with Crippen LogP contribution in [0.5, 0.6) is 5.75 Å². The van der Waals surface area contributed by atoms with Crippen molar-refractivity contribution >= 4 is 28.5 Å². The van der Waals surface area contributed by atoms with E-state index in [1.54, 1.807) is 54.6 Å². The standard InChI is InChI=1S/C26H22FNO3/c1-2-3-16-30-20-14-12-18(13-15-20)25(29)21(17-19-8-4-5-9-22(19)27)26-28-23-10-6-7-11-24(23)31-26/h4-15,17H,2-3,16H2,1H3/b21-17+. The first-order valence-corrected chi connectivity index (χ1v) is 10.3. The molecule has 0 aliphatic carbocycles. The van der Waals surface area contributed by atoms with Gasteiger partial charge in [-0.25, -0.2) is 9.37 Å². The van der Waals surface area contributed by atoms with Gasteiger partial charge >= 0.3 is 0 Å². The molecule has 0 saturated carbocycles. The van der Waals surface area contributed by atoms with Gasteiger partial charge in [0.05, 0.1) is 12.2 Å². The molecule has 0 aliphatic heterocycles. The molecule has 0 spiro atoms. The highest BCUT2D eigenvalue weighted by molar-refractivity contribution is 6.31. The quantitative estimate of drug-likeness (QED) is 0.186. The summed E-state index contributed by atoms with van der Waals surface area (Å²) >= 11 is 0. The third-order valence-corrected chi connectivity index (χ3v) is 4.86. The van der Waals surface area contributed by atoms with Crippen molar-refractivity contribution in [2.45, 2.75) is 19.8 Å². The van der Waals surface area contributed by atoms with Gasteiger partial charge in [0.15, 0.2) is 11.4 Å². The van der Waals surface area contributed by atoms with E-state index in [1.165, 1.54) is 12.1 Å². The Balaban J connectivity index is 1.72. The molecule has 4 nitrogen and oxygen atoms in total. The van der Waals surface area contributed by atoms with Gasteiger partial charge in [0.25, 0.3) is 0 Å². The first-order chi connectivity index (χ1) is 15.2. The third-order valence-electron chi connectivity index (χ3n) is 4.86. The van der Waals surface area contributed by atoms with Crippen molar-refractivity contribution in [1.82, 2.24) is 4.98 Å². The van der Waals surface area contributed by atoms with Crippen molar-refractivity contribution < 1.29 is 18.3 Å². The van der Waals surface area contributed by atoms with Crippen LogP contribution in [0.2, 0.25) is 0 Å². The lowest BCUT2D eigenvalue weighted by molar-refractivity contribution is 0.105. The summed E-state index contributed by atoms with van der Waals surface area (Å²) in [5.74, 6) is 0.114. The van der Waals surface area contributed by atoms with E-state index in [0.717, 1.165) is 12.8 Å². The van der Waals surface area contributed by atoms with Crippen LogP contribution >= 0.6 is 0 Å². The summed E-state index contributed by atoms with van der Waals surface area (Å²) in [5, 5.41) is 0. The van der Waals surface area contributed by atoms with E-state index in [4.69, 9.17) is 9.15 Å².